The second-order valence-electron chi connectivity index (χ2n) is 4.69. The molecule has 0 aliphatic carbocycles. The Morgan fingerprint density at radius 3 is 2.58 bits per heavy atom. The first-order chi connectivity index (χ1) is 9.15. The zero-order chi connectivity index (χ0) is 13.7. The van der Waals surface area contributed by atoms with Gasteiger partial charge in [-0.2, -0.15) is 0 Å². The normalized spacial score (nSPS) is 10.8. The molecule has 2 aromatic rings. The number of nitrogens with one attached hydrogen (secondary N) is 1. The summed E-state index contributed by atoms with van der Waals surface area (Å²) in [5.74, 6) is -0.883. The maximum Gasteiger partial charge on any atom is 0.335 e. The van der Waals surface area contributed by atoms with E-state index in [0.29, 0.717) is 5.56 Å². The Morgan fingerprint density at radius 1 is 1.26 bits per heavy atom. The van der Waals surface area contributed by atoms with Crippen molar-refractivity contribution < 1.29 is 9.90 Å². The number of aromatic amines is 1. The van der Waals surface area contributed by atoms with Gasteiger partial charge in [-0.15, -0.1) is 0 Å². The highest BCUT2D eigenvalue weighted by molar-refractivity contribution is 5.87. The quantitative estimate of drug-likeness (QED) is 0.836. The van der Waals surface area contributed by atoms with Crippen LogP contribution < -0.4 is 0 Å². The lowest BCUT2D eigenvalue weighted by atomic mass is 10.1. The third kappa shape index (κ3) is 3.96. The molecular formula is C15H18N2O2. The van der Waals surface area contributed by atoms with Crippen molar-refractivity contribution in [2.24, 2.45) is 0 Å². The van der Waals surface area contributed by atoms with Gasteiger partial charge in [0.2, 0.25) is 0 Å². The highest BCUT2D eigenvalue weighted by Gasteiger charge is 2.04. The second kappa shape index (κ2) is 6.20. The molecular weight excluding hydrogens is 240 g/mol. The molecule has 0 radical (unpaired) electrons. The second-order valence-corrected chi connectivity index (χ2v) is 4.69. The molecule has 0 amide bonds. The number of carbonyl (C=O) groups is 1. The van der Waals surface area contributed by atoms with Crippen LogP contribution in [0, 0.1) is 0 Å². The lowest BCUT2D eigenvalue weighted by Crippen LogP contribution is -2.20. The largest absolute Gasteiger partial charge is 0.478 e. The number of nitrogens with zero attached hydrogens (tertiary/aromatic N) is 1. The SMILES string of the molecule is CN(CCc1ccc[nH]1)Cc1ccc(C(=O)O)cc1. The van der Waals surface area contributed by atoms with Crippen molar-refractivity contribution in [3.63, 3.8) is 0 Å². The summed E-state index contributed by atoms with van der Waals surface area (Å²) in [4.78, 5) is 16.2. The molecule has 2 rings (SSSR count). The van der Waals surface area contributed by atoms with Gasteiger partial charge in [0.1, 0.15) is 0 Å². The Bertz CT molecular complexity index is 518. The number of carboxylic acid groups (broad SMARTS) is 1. The van der Waals surface area contributed by atoms with Crippen LogP contribution in [-0.4, -0.2) is 34.6 Å². The van der Waals surface area contributed by atoms with E-state index in [0.717, 1.165) is 25.1 Å². The van der Waals surface area contributed by atoms with Crippen molar-refractivity contribution in [3.05, 3.63) is 59.4 Å². The van der Waals surface area contributed by atoms with E-state index in [-0.39, 0.29) is 0 Å². The Morgan fingerprint density at radius 2 is 2.00 bits per heavy atom. The number of aromatic carboxylic acids is 1. The van der Waals surface area contributed by atoms with E-state index in [2.05, 4.69) is 23.0 Å². The molecule has 4 heteroatoms. The number of H-pyrrole nitrogens is 1. The van der Waals surface area contributed by atoms with E-state index in [1.807, 2.05) is 24.4 Å². The monoisotopic (exact) mass is 258 g/mol. The molecule has 0 unspecified atom stereocenters. The van der Waals surface area contributed by atoms with Gasteiger partial charge in [-0.1, -0.05) is 12.1 Å². The molecule has 4 nitrogen and oxygen atoms in total. The smallest absolute Gasteiger partial charge is 0.335 e. The molecule has 1 aromatic heterocycles. The third-order valence-electron chi connectivity index (χ3n) is 3.08. The fourth-order valence-electron chi connectivity index (χ4n) is 1.98. The lowest BCUT2D eigenvalue weighted by Gasteiger charge is -2.16. The van der Waals surface area contributed by atoms with Gasteiger partial charge in [0.25, 0.3) is 0 Å². The highest BCUT2D eigenvalue weighted by Crippen LogP contribution is 2.07. The van der Waals surface area contributed by atoms with Gasteiger partial charge in [-0.3, -0.25) is 0 Å². The maximum atomic E-state index is 10.8. The molecule has 0 aliphatic heterocycles. The van der Waals surface area contributed by atoms with Crippen LogP contribution in [0.25, 0.3) is 0 Å². The van der Waals surface area contributed by atoms with Gasteiger partial charge in [0.05, 0.1) is 5.56 Å². The minimum absolute atomic E-state index is 0.331. The van der Waals surface area contributed by atoms with Crippen LogP contribution in [0.4, 0.5) is 0 Å². The summed E-state index contributed by atoms with van der Waals surface area (Å²) in [6.45, 7) is 1.78. The highest BCUT2D eigenvalue weighted by atomic mass is 16.4. The first-order valence-electron chi connectivity index (χ1n) is 6.28. The van der Waals surface area contributed by atoms with Crippen LogP contribution in [0.2, 0.25) is 0 Å². The number of aromatic nitrogens is 1. The summed E-state index contributed by atoms with van der Waals surface area (Å²) >= 11 is 0. The average Bonchev–Trinajstić information content (AvgIpc) is 2.90. The number of hydrogen-bond acceptors (Lipinski definition) is 2. The zero-order valence-electron chi connectivity index (χ0n) is 11.0. The van der Waals surface area contributed by atoms with Crippen LogP contribution >= 0.6 is 0 Å². The van der Waals surface area contributed by atoms with Gasteiger partial charge in [-0.05, 0) is 36.9 Å². The van der Waals surface area contributed by atoms with E-state index >= 15 is 0 Å². The summed E-state index contributed by atoms with van der Waals surface area (Å²) < 4.78 is 0. The van der Waals surface area contributed by atoms with E-state index in [9.17, 15) is 4.79 Å². The Hall–Kier alpha value is -2.07. The van der Waals surface area contributed by atoms with Gasteiger partial charge in [-0.25, -0.2) is 4.79 Å². The minimum Gasteiger partial charge on any atom is -0.478 e. The van der Waals surface area contributed by atoms with E-state index in [1.165, 1.54) is 5.69 Å². The number of hydrogen-bond donors (Lipinski definition) is 2. The van der Waals surface area contributed by atoms with Crippen LogP contribution in [0.3, 0.4) is 0 Å². The standard InChI is InChI=1S/C15H18N2O2/c1-17(10-8-14-3-2-9-16-14)11-12-4-6-13(7-5-12)15(18)19/h2-7,9,16H,8,10-11H2,1H3,(H,18,19). The average molecular weight is 258 g/mol. The number of benzene rings is 1. The zero-order valence-corrected chi connectivity index (χ0v) is 11.0. The third-order valence-corrected chi connectivity index (χ3v) is 3.08. The molecule has 0 aliphatic rings. The summed E-state index contributed by atoms with van der Waals surface area (Å²) in [5, 5.41) is 8.83. The summed E-state index contributed by atoms with van der Waals surface area (Å²) in [6.07, 6.45) is 2.91. The van der Waals surface area contributed by atoms with Crippen molar-refractivity contribution in [2.75, 3.05) is 13.6 Å². The molecule has 0 atom stereocenters. The van der Waals surface area contributed by atoms with E-state index < -0.39 is 5.97 Å². The molecule has 0 bridgehead atoms. The van der Waals surface area contributed by atoms with Gasteiger partial charge < -0.3 is 15.0 Å². The molecule has 1 heterocycles. The first kappa shape index (κ1) is 13.4. The van der Waals surface area contributed by atoms with Crippen molar-refractivity contribution >= 4 is 5.97 Å². The van der Waals surface area contributed by atoms with Crippen LogP contribution in [0.15, 0.2) is 42.6 Å². The van der Waals surface area contributed by atoms with Crippen molar-refractivity contribution in [3.8, 4) is 0 Å². The van der Waals surface area contributed by atoms with Gasteiger partial charge in [0, 0.05) is 31.4 Å². The van der Waals surface area contributed by atoms with Crippen LogP contribution in [0.1, 0.15) is 21.6 Å². The van der Waals surface area contributed by atoms with Crippen molar-refractivity contribution in [2.45, 2.75) is 13.0 Å². The predicted octanol–water partition coefficient (Wildman–Crippen LogP) is 2.39. The van der Waals surface area contributed by atoms with Gasteiger partial charge in [0.15, 0.2) is 0 Å². The van der Waals surface area contributed by atoms with Crippen LogP contribution in [0.5, 0.6) is 0 Å². The molecule has 19 heavy (non-hydrogen) atoms. The Balaban J connectivity index is 1.84. The van der Waals surface area contributed by atoms with Gasteiger partial charge >= 0.3 is 5.97 Å². The molecule has 100 valence electrons. The predicted molar refractivity (Wildman–Crippen MR) is 74.2 cm³/mol. The molecule has 2 N–H and O–H groups in total. The number of rotatable bonds is 6. The summed E-state index contributed by atoms with van der Waals surface area (Å²) in [6, 6.07) is 11.1. The number of carboxylic acids is 1. The fraction of sp³-hybridized carbons (Fsp3) is 0.267. The van der Waals surface area contributed by atoms with E-state index in [4.69, 9.17) is 5.11 Å². The first-order valence-corrected chi connectivity index (χ1v) is 6.28. The lowest BCUT2D eigenvalue weighted by molar-refractivity contribution is 0.0697. The number of likely N-dealkylation sites (N-methyl/N-ethyl adjacent to an activating group) is 1. The van der Waals surface area contributed by atoms with E-state index in [1.54, 1.807) is 12.1 Å². The molecule has 0 saturated carbocycles. The summed E-state index contributed by atoms with van der Waals surface area (Å²) in [5.41, 5.74) is 2.69. The molecule has 0 saturated heterocycles. The fourth-order valence-corrected chi connectivity index (χ4v) is 1.98. The Labute approximate surface area is 112 Å². The minimum atomic E-state index is -0.883. The Kier molecular flexibility index (Phi) is 4.36. The molecule has 0 spiro atoms. The maximum absolute atomic E-state index is 10.8. The molecule has 1 aromatic carbocycles. The van der Waals surface area contributed by atoms with Crippen molar-refractivity contribution in [1.29, 1.82) is 0 Å². The summed E-state index contributed by atoms with van der Waals surface area (Å²) in [7, 11) is 2.06. The molecule has 0 fully saturated rings. The topological polar surface area (TPSA) is 56.3 Å². The van der Waals surface area contributed by atoms with Crippen molar-refractivity contribution in [1.82, 2.24) is 9.88 Å². The van der Waals surface area contributed by atoms with Crippen LogP contribution in [-0.2, 0) is 13.0 Å².